The van der Waals surface area contributed by atoms with Crippen LogP contribution >= 0.6 is 0 Å². The van der Waals surface area contributed by atoms with E-state index in [4.69, 9.17) is 4.74 Å². The standard InChI is InChI=1S/C19H24N4O6/c1-4-29-19(26)20-9-7-13(8-10-20)22-17(24)15-11-14(23(27)28)5-6-16(15)21(12(2)3)18(22)25/h5-6,11-13H,4,7-10H2,1-3H3. The summed E-state index contributed by atoms with van der Waals surface area (Å²) >= 11 is 0. The summed E-state index contributed by atoms with van der Waals surface area (Å²) in [6.07, 6.45) is 0.436. The third kappa shape index (κ3) is 3.74. The van der Waals surface area contributed by atoms with Crippen molar-refractivity contribution in [3.63, 3.8) is 0 Å². The summed E-state index contributed by atoms with van der Waals surface area (Å²) in [5.74, 6) is 0. The van der Waals surface area contributed by atoms with Crippen LogP contribution in [0.25, 0.3) is 10.9 Å². The monoisotopic (exact) mass is 404 g/mol. The van der Waals surface area contributed by atoms with Gasteiger partial charge in [0.1, 0.15) is 0 Å². The number of nitro benzene ring substituents is 1. The quantitative estimate of drug-likeness (QED) is 0.571. The number of hydrogen-bond acceptors (Lipinski definition) is 6. The highest BCUT2D eigenvalue weighted by molar-refractivity contribution is 5.80. The Morgan fingerprint density at radius 2 is 1.93 bits per heavy atom. The van der Waals surface area contributed by atoms with Crippen molar-refractivity contribution in [3.05, 3.63) is 49.2 Å². The largest absolute Gasteiger partial charge is 0.450 e. The molecule has 0 bridgehead atoms. The van der Waals surface area contributed by atoms with Gasteiger partial charge in [0.2, 0.25) is 0 Å². The Bertz CT molecular complexity index is 1060. The lowest BCUT2D eigenvalue weighted by molar-refractivity contribution is -0.384. The average molecular weight is 404 g/mol. The topological polar surface area (TPSA) is 117 Å². The second-order valence-corrected chi connectivity index (χ2v) is 7.30. The number of nitrogens with zero attached hydrogens (tertiary/aromatic N) is 4. The van der Waals surface area contributed by atoms with Crippen molar-refractivity contribution >= 4 is 22.7 Å². The molecular weight excluding hydrogens is 380 g/mol. The van der Waals surface area contributed by atoms with Gasteiger partial charge in [-0.3, -0.25) is 24.0 Å². The van der Waals surface area contributed by atoms with Crippen LogP contribution < -0.4 is 11.2 Å². The third-order valence-corrected chi connectivity index (χ3v) is 5.18. The number of likely N-dealkylation sites (tertiary alicyclic amines) is 1. The second-order valence-electron chi connectivity index (χ2n) is 7.30. The zero-order chi connectivity index (χ0) is 21.3. The molecule has 1 amide bonds. The molecule has 0 radical (unpaired) electrons. The number of fused-ring (bicyclic) bond motifs is 1. The summed E-state index contributed by atoms with van der Waals surface area (Å²) in [6, 6.07) is 3.33. The third-order valence-electron chi connectivity index (χ3n) is 5.18. The molecule has 2 aromatic rings. The molecule has 0 spiro atoms. The molecule has 1 aromatic heterocycles. The van der Waals surface area contributed by atoms with Crippen LogP contribution in [0, 0.1) is 10.1 Å². The molecule has 156 valence electrons. The fraction of sp³-hybridized carbons (Fsp3) is 0.526. The van der Waals surface area contributed by atoms with Gasteiger partial charge < -0.3 is 9.64 Å². The molecule has 3 rings (SSSR count). The van der Waals surface area contributed by atoms with E-state index in [0.29, 0.717) is 31.4 Å². The molecule has 1 aromatic carbocycles. The Balaban J connectivity index is 2.09. The highest BCUT2D eigenvalue weighted by atomic mass is 16.6. The van der Waals surface area contributed by atoms with Crippen molar-refractivity contribution in [2.45, 2.75) is 45.7 Å². The highest BCUT2D eigenvalue weighted by Crippen LogP contribution is 2.24. The van der Waals surface area contributed by atoms with E-state index in [1.165, 1.54) is 27.3 Å². The van der Waals surface area contributed by atoms with Crippen LogP contribution in [0.1, 0.15) is 45.7 Å². The van der Waals surface area contributed by atoms with E-state index in [-0.39, 0.29) is 23.7 Å². The van der Waals surface area contributed by atoms with Crippen LogP contribution in [0.5, 0.6) is 0 Å². The van der Waals surface area contributed by atoms with Gasteiger partial charge in [0, 0.05) is 37.3 Å². The maximum absolute atomic E-state index is 13.2. The molecule has 0 aliphatic carbocycles. The van der Waals surface area contributed by atoms with Gasteiger partial charge in [0.15, 0.2) is 0 Å². The maximum Gasteiger partial charge on any atom is 0.409 e. The van der Waals surface area contributed by atoms with Crippen LogP contribution in [0.3, 0.4) is 0 Å². The normalized spacial score (nSPS) is 15.1. The van der Waals surface area contributed by atoms with Crippen molar-refractivity contribution in [2.24, 2.45) is 0 Å². The number of carbonyl (C=O) groups excluding carboxylic acids is 1. The molecule has 1 fully saturated rings. The lowest BCUT2D eigenvalue weighted by Gasteiger charge is -2.32. The number of non-ortho nitro benzene ring substituents is 1. The zero-order valence-electron chi connectivity index (χ0n) is 16.7. The number of rotatable bonds is 4. The van der Waals surface area contributed by atoms with Gasteiger partial charge in [-0.25, -0.2) is 9.59 Å². The van der Waals surface area contributed by atoms with Crippen LogP contribution in [-0.4, -0.2) is 44.7 Å². The molecule has 10 nitrogen and oxygen atoms in total. The number of carbonyl (C=O) groups is 1. The number of nitro groups is 1. The van der Waals surface area contributed by atoms with Gasteiger partial charge in [-0.15, -0.1) is 0 Å². The molecule has 1 aliphatic rings. The highest BCUT2D eigenvalue weighted by Gasteiger charge is 2.28. The first-order valence-corrected chi connectivity index (χ1v) is 9.63. The first-order chi connectivity index (χ1) is 13.8. The van der Waals surface area contributed by atoms with Gasteiger partial charge in [-0.2, -0.15) is 0 Å². The fourth-order valence-electron chi connectivity index (χ4n) is 3.80. The number of benzene rings is 1. The fourth-order valence-corrected chi connectivity index (χ4v) is 3.80. The van der Waals surface area contributed by atoms with E-state index in [9.17, 15) is 24.5 Å². The SMILES string of the molecule is CCOC(=O)N1CCC(n2c(=O)c3cc([N+](=O)[O-])ccc3n(C(C)C)c2=O)CC1. The molecular formula is C19H24N4O6. The lowest BCUT2D eigenvalue weighted by Crippen LogP contribution is -2.47. The van der Waals surface area contributed by atoms with Crippen LogP contribution in [-0.2, 0) is 4.74 Å². The first kappa shape index (κ1) is 20.6. The summed E-state index contributed by atoms with van der Waals surface area (Å²) in [7, 11) is 0. The Kier molecular flexibility index (Phi) is 5.71. The van der Waals surface area contributed by atoms with Gasteiger partial charge in [0.05, 0.1) is 22.4 Å². The molecule has 1 saturated heterocycles. The van der Waals surface area contributed by atoms with E-state index in [2.05, 4.69) is 0 Å². The molecule has 0 N–H and O–H groups in total. The average Bonchev–Trinajstić information content (AvgIpc) is 2.68. The zero-order valence-corrected chi connectivity index (χ0v) is 16.7. The first-order valence-electron chi connectivity index (χ1n) is 9.63. The van der Waals surface area contributed by atoms with Gasteiger partial charge in [0.25, 0.3) is 11.2 Å². The van der Waals surface area contributed by atoms with E-state index >= 15 is 0 Å². The summed E-state index contributed by atoms with van der Waals surface area (Å²) in [4.78, 5) is 50.4. The number of hydrogen-bond donors (Lipinski definition) is 0. The number of ether oxygens (including phenoxy) is 1. The lowest BCUT2D eigenvalue weighted by atomic mass is 10.0. The molecule has 0 atom stereocenters. The molecule has 0 saturated carbocycles. The summed E-state index contributed by atoms with van der Waals surface area (Å²) in [5, 5.41) is 11.3. The van der Waals surface area contributed by atoms with Gasteiger partial charge >= 0.3 is 11.8 Å². The Labute approximate surface area is 166 Å². The molecule has 10 heteroatoms. The van der Waals surface area contributed by atoms with E-state index in [0.717, 1.165) is 0 Å². The van der Waals surface area contributed by atoms with Crippen LogP contribution in [0.2, 0.25) is 0 Å². The van der Waals surface area contributed by atoms with Crippen molar-refractivity contribution in [2.75, 3.05) is 19.7 Å². The smallest absolute Gasteiger partial charge is 0.409 e. The van der Waals surface area contributed by atoms with Crippen molar-refractivity contribution in [1.82, 2.24) is 14.0 Å². The van der Waals surface area contributed by atoms with E-state index in [1.54, 1.807) is 11.8 Å². The molecule has 1 aliphatic heterocycles. The summed E-state index contributed by atoms with van der Waals surface area (Å²) in [6.45, 7) is 6.38. The van der Waals surface area contributed by atoms with Crippen LogP contribution in [0.4, 0.5) is 10.5 Å². The predicted octanol–water partition coefficient (Wildman–Crippen LogP) is 2.45. The van der Waals surface area contributed by atoms with Crippen molar-refractivity contribution in [3.8, 4) is 0 Å². The number of aromatic nitrogens is 2. The minimum Gasteiger partial charge on any atom is -0.450 e. The number of amides is 1. The summed E-state index contributed by atoms with van der Waals surface area (Å²) in [5.41, 5.74) is -0.811. The molecule has 29 heavy (non-hydrogen) atoms. The predicted molar refractivity (Wildman–Crippen MR) is 106 cm³/mol. The Morgan fingerprint density at radius 3 is 2.48 bits per heavy atom. The van der Waals surface area contributed by atoms with Crippen LogP contribution in [0.15, 0.2) is 27.8 Å². The van der Waals surface area contributed by atoms with E-state index in [1.807, 2.05) is 13.8 Å². The van der Waals surface area contributed by atoms with Crippen molar-refractivity contribution < 1.29 is 14.5 Å². The molecule has 2 heterocycles. The minimum absolute atomic E-state index is 0.139. The van der Waals surface area contributed by atoms with Crippen molar-refractivity contribution in [1.29, 1.82) is 0 Å². The number of piperidine rings is 1. The van der Waals surface area contributed by atoms with Gasteiger partial charge in [-0.1, -0.05) is 0 Å². The van der Waals surface area contributed by atoms with Gasteiger partial charge in [-0.05, 0) is 39.7 Å². The Hall–Kier alpha value is -3.17. The minimum atomic E-state index is -0.564. The van der Waals surface area contributed by atoms with E-state index < -0.39 is 28.3 Å². The summed E-state index contributed by atoms with van der Waals surface area (Å²) < 4.78 is 7.68. The maximum atomic E-state index is 13.2. The second kappa shape index (κ2) is 8.06. The molecule has 0 unspecified atom stereocenters. The Morgan fingerprint density at radius 1 is 1.28 bits per heavy atom.